The molecule has 2 aromatic rings. The van der Waals surface area contributed by atoms with E-state index in [1.807, 2.05) is 13.0 Å². The number of aromatic nitrogens is 2. The number of benzene rings is 1. The Bertz CT molecular complexity index is 816. The van der Waals surface area contributed by atoms with E-state index >= 15 is 0 Å². The van der Waals surface area contributed by atoms with Crippen molar-refractivity contribution in [1.29, 1.82) is 5.26 Å². The van der Waals surface area contributed by atoms with E-state index in [1.165, 1.54) is 12.3 Å². The molecule has 0 atom stereocenters. The van der Waals surface area contributed by atoms with E-state index in [4.69, 9.17) is 5.26 Å². The van der Waals surface area contributed by atoms with Gasteiger partial charge in [-0.2, -0.15) is 13.7 Å². The molecule has 7 heteroatoms. The summed E-state index contributed by atoms with van der Waals surface area (Å²) in [7, 11) is -3.76. The zero-order valence-corrected chi connectivity index (χ0v) is 12.9. The lowest BCUT2D eigenvalue weighted by atomic mass is 10.1. The van der Waals surface area contributed by atoms with E-state index in [-0.39, 0.29) is 5.03 Å². The number of nitrogens with one attached hydrogen (secondary N) is 1. The summed E-state index contributed by atoms with van der Waals surface area (Å²) in [5, 5.41) is 8.87. The molecule has 0 amide bonds. The van der Waals surface area contributed by atoms with Gasteiger partial charge < -0.3 is 4.57 Å². The fourth-order valence-electron chi connectivity index (χ4n) is 1.93. The Labute approximate surface area is 124 Å². The quantitative estimate of drug-likeness (QED) is 0.938. The number of rotatable bonds is 4. The summed E-state index contributed by atoms with van der Waals surface area (Å²) in [4.78, 5) is 4.07. The Hall–Kier alpha value is -2.33. The van der Waals surface area contributed by atoms with Gasteiger partial charge in [-0.3, -0.25) is 4.72 Å². The highest BCUT2D eigenvalue weighted by Crippen LogP contribution is 2.20. The maximum absolute atomic E-state index is 12.4. The Kier molecular flexibility index (Phi) is 4.00. The van der Waals surface area contributed by atoms with Crippen molar-refractivity contribution in [2.45, 2.75) is 32.3 Å². The van der Waals surface area contributed by atoms with Crippen molar-refractivity contribution in [3.8, 4) is 6.07 Å². The van der Waals surface area contributed by atoms with Crippen LogP contribution in [0.2, 0.25) is 0 Å². The van der Waals surface area contributed by atoms with Crippen molar-refractivity contribution in [2.24, 2.45) is 0 Å². The number of nitriles is 1. The molecule has 21 heavy (non-hydrogen) atoms. The maximum atomic E-state index is 12.4. The average Bonchev–Trinajstić information content (AvgIpc) is 2.83. The molecule has 0 aliphatic rings. The van der Waals surface area contributed by atoms with Gasteiger partial charge in [0.15, 0.2) is 5.03 Å². The van der Waals surface area contributed by atoms with Crippen LogP contribution in [-0.2, 0) is 16.6 Å². The minimum absolute atomic E-state index is 0.0244. The topological polar surface area (TPSA) is 87.8 Å². The number of aryl methyl sites for hydroxylation is 3. The summed E-state index contributed by atoms with van der Waals surface area (Å²) in [5.74, 6) is 0.639. The summed E-state index contributed by atoms with van der Waals surface area (Å²) in [6.07, 6.45) is 1.50. The molecule has 0 saturated carbocycles. The SMILES string of the molecule is CCn1cc(S(=O)(=O)Nc2cc(C#N)ccc2C)nc1C. The third-order valence-corrected chi connectivity index (χ3v) is 4.42. The lowest BCUT2D eigenvalue weighted by molar-refractivity contribution is 0.598. The van der Waals surface area contributed by atoms with Crippen molar-refractivity contribution >= 4 is 15.7 Å². The number of imidazole rings is 1. The second-order valence-corrected chi connectivity index (χ2v) is 6.29. The Morgan fingerprint density at radius 1 is 1.38 bits per heavy atom. The molecule has 2 rings (SSSR count). The van der Waals surface area contributed by atoms with Crippen LogP contribution in [0, 0.1) is 25.2 Å². The van der Waals surface area contributed by atoms with Gasteiger partial charge in [0.2, 0.25) is 0 Å². The van der Waals surface area contributed by atoms with E-state index in [9.17, 15) is 8.42 Å². The first-order chi connectivity index (χ1) is 9.87. The number of anilines is 1. The molecule has 0 unspecified atom stereocenters. The molecule has 1 heterocycles. The largest absolute Gasteiger partial charge is 0.334 e. The van der Waals surface area contributed by atoms with Crippen LogP contribution < -0.4 is 4.72 Å². The Balaban J connectivity index is 2.39. The summed E-state index contributed by atoms with van der Waals surface area (Å²) in [6.45, 7) is 6.09. The predicted octanol–water partition coefficient (Wildman–Crippen LogP) is 2.19. The van der Waals surface area contributed by atoms with E-state index in [0.717, 1.165) is 5.56 Å². The molecule has 110 valence electrons. The number of hydrogen-bond acceptors (Lipinski definition) is 4. The van der Waals surface area contributed by atoms with Gasteiger partial charge in [-0.05, 0) is 38.5 Å². The zero-order chi connectivity index (χ0) is 15.6. The summed E-state index contributed by atoms with van der Waals surface area (Å²) in [5.41, 5.74) is 1.52. The van der Waals surface area contributed by atoms with Gasteiger partial charge in [-0.1, -0.05) is 6.07 Å². The van der Waals surface area contributed by atoms with E-state index in [1.54, 1.807) is 30.5 Å². The molecule has 0 radical (unpaired) electrons. The molecule has 1 N–H and O–H groups in total. The van der Waals surface area contributed by atoms with Crippen molar-refractivity contribution < 1.29 is 8.42 Å². The van der Waals surface area contributed by atoms with Gasteiger partial charge >= 0.3 is 0 Å². The first kappa shape index (κ1) is 15.1. The van der Waals surface area contributed by atoms with Crippen LogP contribution in [0.25, 0.3) is 0 Å². The van der Waals surface area contributed by atoms with Gasteiger partial charge in [0.1, 0.15) is 5.82 Å². The molecule has 0 spiro atoms. The molecular weight excluding hydrogens is 288 g/mol. The van der Waals surface area contributed by atoms with Gasteiger partial charge in [0.25, 0.3) is 10.0 Å². The van der Waals surface area contributed by atoms with Crippen molar-refractivity contribution in [1.82, 2.24) is 9.55 Å². The third-order valence-electron chi connectivity index (χ3n) is 3.18. The van der Waals surface area contributed by atoms with Crippen LogP contribution in [0.4, 0.5) is 5.69 Å². The second kappa shape index (κ2) is 5.58. The van der Waals surface area contributed by atoms with Crippen molar-refractivity contribution in [2.75, 3.05) is 4.72 Å². The monoisotopic (exact) mass is 304 g/mol. The molecule has 1 aromatic carbocycles. The minimum atomic E-state index is -3.76. The highest BCUT2D eigenvalue weighted by molar-refractivity contribution is 7.92. The summed E-state index contributed by atoms with van der Waals surface area (Å²) < 4.78 is 29.0. The first-order valence-corrected chi connectivity index (χ1v) is 7.93. The predicted molar refractivity (Wildman–Crippen MR) is 79.3 cm³/mol. The average molecular weight is 304 g/mol. The van der Waals surface area contributed by atoms with E-state index in [2.05, 4.69) is 9.71 Å². The van der Waals surface area contributed by atoms with Crippen LogP contribution in [0.15, 0.2) is 29.4 Å². The normalized spacial score (nSPS) is 11.1. The number of hydrogen-bond donors (Lipinski definition) is 1. The summed E-state index contributed by atoms with van der Waals surface area (Å²) in [6, 6.07) is 6.84. The minimum Gasteiger partial charge on any atom is -0.334 e. The van der Waals surface area contributed by atoms with Crippen molar-refractivity contribution in [3.05, 3.63) is 41.3 Å². The molecule has 0 aliphatic heterocycles. The first-order valence-electron chi connectivity index (χ1n) is 6.44. The molecule has 0 bridgehead atoms. The molecule has 0 saturated heterocycles. The highest BCUT2D eigenvalue weighted by Gasteiger charge is 2.20. The molecule has 1 aromatic heterocycles. The van der Waals surface area contributed by atoms with Gasteiger partial charge in [-0.15, -0.1) is 0 Å². The van der Waals surface area contributed by atoms with Crippen LogP contribution >= 0.6 is 0 Å². The van der Waals surface area contributed by atoms with Crippen LogP contribution in [0.1, 0.15) is 23.9 Å². The lowest BCUT2D eigenvalue weighted by Gasteiger charge is -2.09. The fourth-order valence-corrected chi connectivity index (χ4v) is 3.06. The van der Waals surface area contributed by atoms with Gasteiger partial charge in [0.05, 0.1) is 17.3 Å². The van der Waals surface area contributed by atoms with Crippen molar-refractivity contribution in [3.63, 3.8) is 0 Å². The Morgan fingerprint density at radius 2 is 2.10 bits per heavy atom. The number of sulfonamides is 1. The standard InChI is InChI=1S/C14H16N4O2S/c1-4-18-9-14(16-11(18)3)21(19,20)17-13-7-12(8-15)6-5-10(13)2/h5-7,9,17H,4H2,1-3H3. The van der Waals surface area contributed by atoms with Crippen LogP contribution in [0.5, 0.6) is 0 Å². The molecule has 0 aliphatic carbocycles. The van der Waals surface area contributed by atoms with E-state index in [0.29, 0.717) is 23.6 Å². The number of nitrogens with zero attached hydrogens (tertiary/aromatic N) is 3. The lowest BCUT2D eigenvalue weighted by Crippen LogP contribution is -2.14. The Morgan fingerprint density at radius 3 is 2.67 bits per heavy atom. The second-order valence-electron chi connectivity index (χ2n) is 4.66. The fraction of sp³-hybridized carbons (Fsp3) is 0.286. The smallest absolute Gasteiger partial charge is 0.280 e. The van der Waals surface area contributed by atoms with Gasteiger partial charge in [0, 0.05) is 12.7 Å². The molecule has 6 nitrogen and oxygen atoms in total. The molecular formula is C14H16N4O2S. The zero-order valence-electron chi connectivity index (χ0n) is 12.1. The summed E-state index contributed by atoms with van der Waals surface area (Å²) >= 11 is 0. The van der Waals surface area contributed by atoms with E-state index < -0.39 is 10.0 Å². The highest BCUT2D eigenvalue weighted by atomic mass is 32.2. The molecule has 0 fully saturated rings. The van der Waals surface area contributed by atoms with Crippen LogP contribution in [0.3, 0.4) is 0 Å². The third kappa shape index (κ3) is 3.06. The maximum Gasteiger partial charge on any atom is 0.280 e. The van der Waals surface area contributed by atoms with Crippen LogP contribution in [-0.4, -0.2) is 18.0 Å². The van der Waals surface area contributed by atoms with Gasteiger partial charge in [-0.25, -0.2) is 4.98 Å².